The van der Waals surface area contributed by atoms with Crippen molar-refractivity contribution in [2.75, 3.05) is 20.7 Å². The Kier molecular flexibility index (Phi) is 4.59. The molecule has 1 amide bonds. The second kappa shape index (κ2) is 5.81. The van der Waals surface area contributed by atoms with E-state index in [-0.39, 0.29) is 0 Å². The normalized spacial score (nSPS) is 11.1. The van der Waals surface area contributed by atoms with Crippen molar-refractivity contribution in [3.8, 4) is 5.75 Å². The largest absolute Gasteiger partial charge is 0.483 e. The molecule has 8 heteroatoms. The van der Waals surface area contributed by atoms with Crippen molar-refractivity contribution in [3.63, 3.8) is 0 Å². The van der Waals surface area contributed by atoms with Crippen LogP contribution in [0.4, 0.5) is 13.2 Å². The Morgan fingerprint density at radius 3 is 2.35 bits per heavy atom. The van der Waals surface area contributed by atoms with Crippen LogP contribution in [0.15, 0.2) is 18.2 Å². The van der Waals surface area contributed by atoms with Gasteiger partial charge in [0, 0.05) is 14.1 Å². The number of likely N-dealkylation sites (N-methyl/N-ethyl adjacent to an activating group) is 1. The number of carboxylic acids is 1. The molecule has 20 heavy (non-hydrogen) atoms. The predicted octanol–water partition coefficient (Wildman–Crippen LogP) is 1.87. The van der Waals surface area contributed by atoms with Gasteiger partial charge in [0.05, 0.1) is 11.1 Å². The van der Waals surface area contributed by atoms with E-state index >= 15 is 0 Å². The fraction of sp³-hybridized carbons (Fsp3) is 0.333. The fourth-order valence-corrected chi connectivity index (χ4v) is 1.28. The number of halogens is 3. The molecule has 0 aliphatic heterocycles. The molecule has 1 aromatic carbocycles. The number of hydrogen-bond donors (Lipinski definition) is 1. The van der Waals surface area contributed by atoms with Crippen molar-refractivity contribution in [2.24, 2.45) is 0 Å². The molecule has 0 heterocycles. The number of nitrogens with zero attached hydrogens (tertiary/aromatic N) is 1. The monoisotopic (exact) mass is 291 g/mol. The molecule has 0 aromatic heterocycles. The Balaban J connectivity index is 3.07. The van der Waals surface area contributed by atoms with E-state index < -0.39 is 41.5 Å². The highest BCUT2D eigenvalue weighted by molar-refractivity contribution is 5.88. The van der Waals surface area contributed by atoms with Gasteiger partial charge in [0.15, 0.2) is 6.61 Å². The van der Waals surface area contributed by atoms with Gasteiger partial charge in [-0.15, -0.1) is 0 Å². The highest BCUT2D eigenvalue weighted by Crippen LogP contribution is 2.36. The van der Waals surface area contributed by atoms with Crippen LogP contribution in [0.3, 0.4) is 0 Å². The zero-order chi connectivity index (χ0) is 15.5. The van der Waals surface area contributed by atoms with E-state index in [0.29, 0.717) is 6.07 Å². The first-order valence-electron chi connectivity index (χ1n) is 5.40. The van der Waals surface area contributed by atoms with Gasteiger partial charge in [0.2, 0.25) is 0 Å². The van der Waals surface area contributed by atoms with E-state index in [4.69, 9.17) is 9.84 Å². The van der Waals surface area contributed by atoms with E-state index in [1.165, 1.54) is 19.0 Å². The number of benzene rings is 1. The summed E-state index contributed by atoms with van der Waals surface area (Å²) in [6.45, 7) is -0.567. The van der Waals surface area contributed by atoms with Gasteiger partial charge < -0.3 is 14.7 Å². The van der Waals surface area contributed by atoms with Crippen LogP contribution in [0.5, 0.6) is 5.75 Å². The number of carbonyl (C=O) groups excluding carboxylic acids is 1. The molecular weight excluding hydrogens is 279 g/mol. The lowest BCUT2D eigenvalue weighted by Crippen LogP contribution is -2.28. The molecule has 0 radical (unpaired) electrons. The van der Waals surface area contributed by atoms with Gasteiger partial charge in [-0.2, -0.15) is 13.2 Å². The van der Waals surface area contributed by atoms with E-state index in [1.54, 1.807) is 0 Å². The van der Waals surface area contributed by atoms with Gasteiger partial charge in [0.25, 0.3) is 5.91 Å². The summed E-state index contributed by atoms with van der Waals surface area (Å²) in [6, 6.07) is 2.33. The van der Waals surface area contributed by atoms with Crippen LogP contribution in [-0.4, -0.2) is 42.6 Å². The van der Waals surface area contributed by atoms with Crippen molar-refractivity contribution in [3.05, 3.63) is 29.3 Å². The van der Waals surface area contributed by atoms with Gasteiger partial charge >= 0.3 is 12.1 Å². The summed E-state index contributed by atoms with van der Waals surface area (Å²) >= 11 is 0. The van der Waals surface area contributed by atoms with Crippen LogP contribution in [0.25, 0.3) is 0 Å². The first-order valence-corrected chi connectivity index (χ1v) is 5.40. The highest BCUT2D eigenvalue weighted by Gasteiger charge is 2.35. The van der Waals surface area contributed by atoms with E-state index in [1.807, 2.05) is 0 Å². The smallest absolute Gasteiger partial charge is 0.419 e. The fourth-order valence-electron chi connectivity index (χ4n) is 1.28. The molecule has 0 unspecified atom stereocenters. The third kappa shape index (κ3) is 3.87. The topological polar surface area (TPSA) is 66.8 Å². The summed E-state index contributed by atoms with van der Waals surface area (Å²) in [5.41, 5.74) is -1.74. The van der Waals surface area contributed by atoms with Crippen LogP contribution in [0.2, 0.25) is 0 Å². The number of aromatic carboxylic acids is 1. The molecule has 0 atom stereocenters. The van der Waals surface area contributed by atoms with Crippen LogP contribution in [0.1, 0.15) is 15.9 Å². The summed E-state index contributed by atoms with van der Waals surface area (Å²) in [4.78, 5) is 23.1. The van der Waals surface area contributed by atoms with Crippen LogP contribution in [0, 0.1) is 0 Å². The maximum atomic E-state index is 12.8. The lowest BCUT2D eigenvalue weighted by molar-refractivity contribution is -0.140. The standard InChI is InChI=1S/C12H12F3NO4/c1-16(2)10(17)6-20-9-4-3-7(11(18)19)5-8(9)12(13,14)15/h3-5H,6H2,1-2H3,(H,18,19). The van der Waals surface area contributed by atoms with Crippen molar-refractivity contribution in [1.82, 2.24) is 4.90 Å². The average Bonchev–Trinajstić information content (AvgIpc) is 2.34. The van der Waals surface area contributed by atoms with Gasteiger partial charge in [-0.1, -0.05) is 0 Å². The number of alkyl halides is 3. The second-order valence-corrected chi connectivity index (χ2v) is 4.09. The van der Waals surface area contributed by atoms with Crippen molar-refractivity contribution >= 4 is 11.9 Å². The highest BCUT2D eigenvalue weighted by atomic mass is 19.4. The number of ether oxygens (including phenoxy) is 1. The zero-order valence-electron chi connectivity index (χ0n) is 10.7. The molecular formula is C12H12F3NO4. The molecule has 5 nitrogen and oxygen atoms in total. The Morgan fingerprint density at radius 2 is 1.90 bits per heavy atom. The minimum Gasteiger partial charge on any atom is -0.483 e. The first-order chi connectivity index (χ1) is 9.12. The number of hydrogen-bond acceptors (Lipinski definition) is 3. The Morgan fingerprint density at radius 1 is 1.30 bits per heavy atom. The number of carbonyl (C=O) groups is 2. The lowest BCUT2D eigenvalue weighted by Gasteiger charge is -2.16. The van der Waals surface area contributed by atoms with Gasteiger partial charge in [-0.05, 0) is 18.2 Å². The van der Waals surface area contributed by atoms with Crippen LogP contribution < -0.4 is 4.74 Å². The molecule has 1 N–H and O–H groups in total. The number of carboxylic acid groups (broad SMARTS) is 1. The molecule has 0 spiro atoms. The van der Waals surface area contributed by atoms with Crippen LogP contribution in [-0.2, 0) is 11.0 Å². The molecule has 0 bridgehead atoms. The molecule has 0 fully saturated rings. The SMILES string of the molecule is CN(C)C(=O)COc1ccc(C(=O)O)cc1C(F)(F)F. The van der Waals surface area contributed by atoms with Crippen molar-refractivity contribution in [1.29, 1.82) is 0 Å². The predicted molar refractivity (Wildman–Crippen MR) is 62.6 cm³/mol. The number of rotatable bonds is 4. The summed E-state index contributed by atoms with van der Waals surface area (Å²) < 4.78 is 43.2. The van der Waals surface area contributed by atoms with Gasteiger partial charge in [-0.3, -0.25) is 4.79 Å². The first kappa shape index (κ1) is 15.8. The van der Waals surface area contributed by atoms with Crippen LogP contribution >= 0.6 is 0 Å². The van der Waals surface area contributed by atoms with E-state index in [9.17, 15) is 22.8 Å². The van der Waals surface area contributed by atoms with Gasteiger partial charge in [-0.25, -0.2) is 4.79 Å². The maximum Gasteiger partial charge on any atom is 0.419 e. The summed E-state index contributed by atoms with van der Waals surface area (Å²) in [7, 11) is 2.87. The minimum atomic E-state index is -4.78. The van der Waals surface area contributed by atoms with Crippen molar-refractivity contribution < 1.29 is 32.6 Å². The van der Waals surface area contributed by atoms with E-state index in [2.05, 4.69) is 0 Å². The summed E-state index contributed by atoms with van der Waals surface area (Å²) in [5.74, 6) is -2.58. The molecule has 1 rings (SSSR count). The zero-order valence-corrected chi connectivity index (χ0v) is 10.7. The third-order valence-corrected chi connectivity index (χ3v) is 2.38. The molecule has 1 aromatic rings. The summed E-state index contributed by atoms with van der Waals surface area (Å²) in [6.07, 6.45) is -4.78. The molecule has 0 saturated heterocycles. The Hall–Kier alpha value is -2.25. The Bertz CT molecular complexity index is 526. The maximum absolute atomic E-state index is 12.8. The lowest BCUT2D eigenvalue weighted by atomic mass is 10.1. The average molecular weight is 291 g/mol. The molecule has 0 aliphatic rings. The minimum absolute atomic E-state index is 0.470. The summed E-state index contributed by atoms with van der Waals surface area (Å²) in [5, 5.41) is 8.69. The van der Waals surface area contributed by atoms with Gasteiger partial charge in [0.1, 0.15) is 5.75 Å². The number of amides is 1. The van der Waals surface area contributed by atoms with Crippen molar-refractivity contribution in [2.45, 2.75) is 6.18 Å². The molecule has 110 valence electrons. The molecule has 0 saturated carbocycles. The quantitative estimate of drug-likeness (QED) is 0.919. The van der Waals surface area contributed by atoms with E-state index in [0.717, 1.165) is 12.1 Å². The second-order valence-electron chi connectivity index (χ2n) is 4.09. The Labute approximate surface area is 112 Å². The molecule has 0 aliphatic carbocycles. The third-order valence-electron chi connectivity index (χ3n) is 2.38.